The van der Waals surface area contributed by atoms with Crippen molar-refractivity contribution in [3.63, 3.8) is 0 Å². The van der Waals surface area contributed by atoms with Gasteiger partial charge in [0.1, 0.15) is 19.8 Å². The Morgan fingerprint density at radius 3 is 1.67 bits per heavy atom. The smallest absolute Gasteiger partial charge is 0.306 e. The number of likely N-dealkylation sites (N-methyl/N-ethyl adjacent to an activating group) is 1. The highest BCUT2D eigenvalue weighted by atomic mass is 31.2. The lowest BCUT2D eigenvalue weighted by Crippen LogP contribution is -2.37. The van der Waals surface area contributed by atoms with Gasteiger partial charge >= 0.3 is 11.9 Å². The van der Waals surface area contributed by atoms with Crippen LogP contribution >= 0.6 is 7.82 Å². The Balaban J connectivity index is 2.38. The molecule has 0 bridgehead atoms. The lowest BCUT2D eigenvalue weighted by Gasteiger charge is -2.28. The molecule has 0 aromatic rings. The summed E-state index contributed by atoms with van der Waals surface area (Å²) in [4.78, 5) is 37.5. The molecule has 1 fully saturated rings. The topological polar surface area (TPSA) is 124 Å². The second-order valence-electron chi connectivity index (χ2n) is 15.7. The number of phosphoric ester groups is 1. The Kier molecular flexibility index (Phi) is 31.5. The summed E-state index contributed by atoms with van der Waals surface area (Å²) >= 11 is 0. The van der Waals surface area contributed by atoms with Crippen LogP contribution in [0.3, 0.4) is 0 Å². The minimum atomic E-state index is -4.66. The minimum Gasteiger partial charge on any atom is -0.756 e. The van der Waals surface area contributed by atoms with Gasteiger partial charge in [-0.2, -0.15) is 0 Å². The quantitative estimate of drug-likeness (QED) is 0.0150. The van der Waals surface area contributed by atoms with E-state index in [1.807, 2.05) is 21.1 Å². The number of rotatable bonds is 37. The summed E-state index contributed by atoms with van der Waals surface area (Å²) in [5, 5.41) is 0. The molecular formula is C46H78NO9P. The van der Waals surface area contributed by atoms with Crippen molar-refractivity contribution in [2.75, 3.05) is 47.5 Å². The van der Waals surface area contributed by atoms with Crippen LogP contribution in [0, 0.1) is 0 Å². The summed E-state index contributed by atoms with van der Waals surface area (Å²) in [6.45, 7) is 4.02. The Hall–Kier alpha value is -2.59. The average Bonchev–Trinajstić information content (AvgIpc) is 3.92. The molecule has 0 N–H and O–H groups in total. The Labute approximate surface area is 346 Å². The van der Waals surface area contributed by atoms with Gasteiger partial charge in [-0.1, -0.05) is 112 Å². The van der Waals surface area contributed by atoms with Gasteiger partial charge < -0.3 is 32.6 Å². The second-order valence-corrected chi connectivity index (χ2v) is 17.1. The third kappa shape index (κ3) is 35.1. The first-order chi connectivity index (χ1) is 27.5. The largest absolute Gasteiger partial charge is 0.756 e. The van der Waals surface area contributed by atoms with Gasteiger partial charge in [-0.05, 0) is 89.9 Å². The van der Waals surface area contributed by atoms with Gasteiger partial charge in [-0.3, -0.25) is 14.2 Å². The molecule has 57 heavy (non-hydrogen) atoms. The predicted molar refractivity (Wildman–Crippen MR) is 230 cm³/mol. The summed E-state index contributed by atoms with van der Waals surface area (Å²) in [7, 11) is 1.09. The molecule has 1 aliphatic heterocycles. The summed E-state index contributed by atoms with van der Waals surface area (Å²) < 4.78 is 39.6. The average molecular weight is 820 g/mol. The van der Waals surface area contributed by atoms with Crippen LogP contribution in [0.4, 0.5) is 0 Å². The number of carbonyl (C=O) groups excluding carboxylic acids is 2. The summed E-state index contributed by atoms with van der Waals surface area (Å²) in [5.41, 5.74) is 0. The number of epoxide rings is 1. The first-order valence-corrected chi connectivity index (χ1v) is 23.2. The molecule has 0 spiro atoms. The molecule has 0 aliphatic carbocycles. The summed E-state index contributed by atoms with van der Waals surface area (Å²) in [6, 6.07) is 0. The van der Waals surface area contributed by atoms with Crippen molar-refractivity contribution in [3.8, 4) is 0 Å². The van der Waals surface area contributed by atoms with E-state index in [9.17, 15) is 19.0 Å². The fourth-order valence-electron chi connectivity index (χ4n) is 5.52. The predicted octanol–water partition coefficient (Wildman–Crippen LogP) is 10.6. The zero-order valence-corrected chi connectivity index (χ0v) is 37.1. The number of unbranched alkanes of at least 4 members (excludes halogenated alkanes) is 9. The van der Waals surface area contributed by atoms with Crippen molar-refractivity contribution in [1.29, 1.82) is 0 Å². The molecule has 10 nitrogen and oxygen atoms in total. The zero-order chi connectivity index (χ0) is 41.9. The van der Waals surface area contributed by atoms with Gasteiger partial charge in [0.25, 0.3) is 7.82 Å². The van der Waals surface area contributed by atoms with Crippen molar-refractivity contribution < 1.29 is 46.8 Å². The summed E-state index contributed by atoms with van der Waals surface area (Å²) in [6.07, 6.45) is 43.9. The van der Waals surface area contributed by atoms with Crippen LogP contribution in [-0.4, -0.2) is 82.2 Å². The number of hydrogen-bond acceptors (Lipinski definition) is 9. The van der Waals surface area contributed by atoms with E-state index in [1.54, 1.807) is 0 Å². The SMILES string of the molecule is CCCCC/C=C\C/C=C\C/C=C\CCCCC(=O)O[C@H](COC(=O)CCC/C=C\CC1OC1C/C=C\C/C=C\CCCCC)COP(=O)([O-])OCC[N+](C)(C)C. The van der Waals surface area contributed by atoms with Gasteiger partial charge in [-0.15, -0.1) is 0 Å². The van der Waals surface area contributed by atoms with Crippen molar-refractivity contribution in [1.82, 2.24) is 0 Å². The molecule has 0 amide bonds. The van der Waals surface area contributed by atoms with Crippen LogP contribution < -0.4 is 4.89 Å². The zero-order valence-electron chi connectivity index (χ0n) is 36.2. The summed E-state index contributed by atoms with van der Waals surface area (Å²) in [5.74, 6) is -0.961. The fraction of sp³-hybridized carbons (Fsp3) is 0.696. The van der Waals surface area contributed by atoms with E-state index in [1.165, 1.54) is 38.5 Å². The van der Waals surface area contributed by atoms with Gasteiger partial charge in [-0.25, -0.2) is 0 Å². The van der Waals surface area contributed by atoms with E-state index >= 15 is 0 Å². The van der Waals surface area contributed by atoms with E-state index in [4.69, 9.17) is 23.3 Å². The maximum atomic E-state index is 12.7. The van der Waals surface area contributed by atoms with Crippen LogP contribution in [0.15, 0.2) is 72.9 Å². The van der Waals surface area contributed by atoms with Crippen molar-refractivity contribution in [2.24, 2.45) is 0 Å². The maximum absolute atomic E-state index is 12.7. The number of esters is 2. The fourth-order valence-corrected chi connectivity index (χ4v) is 6.24. The van der Waals surface area contributed by atoms with Crippen molar-refractivity contribution >= 4 is 19.8 Å². The standard InChI is InChI=1S/C46H78NO9P/c1-6-8-10-12-14-16-17-18-19-20-21-23-25-27-33-37-46(49)55-42(41-54-57(50,51)53-39-38-47(3,4)5)40-52-45(48)36-32-29-28-31-35-44-43(56-44)34-30-26-24-22-15-13-11-9-7-2/h14-16,18-19,21-23,26,28,30-31,42-44H,6-13,17,20,24-25,27,29,32-41H2,1-5H3/b16-14-,19-18-,22-15-,23-21-,30-26-,31-28-/t42-,43?,44?/m1/s1. The highest BCUT2D eigenvalue weighted by Gasteiger charge is 2.36. The number of allylic oxidation sites excluding steroid dienone is 10. The molecule has 1 aliphatic rings. The first-order valence-electron chi connectivity index (χ1n) is 21.8. The number of carbonyl (C=O) groups is 2. The number of hydrogen-bond donors (Lipinski definition) is 0. The molecule has 3 unspecified atom stereocenters. The van der Waals surface area contributed by atoms with E-state index in [0.717, 1.165) is 57.8 Å². The Morgan fingerprint density at radius 1 is 0.632 bits per heavy atom. The highest BCUT2D eigenvalue weighted by Crippen LogP contribution is 2.38. The molecule has 0 radical (unpaired) electrons. The Bertz CT molecular complexity index is 1270. The Morgan fingerprint density at radius 2 is 1.11 bits per heavy atom. The van der Waals surface area contributed by atoms with Gasteiger partial charge in [0, 0.05) is 12.8 Å². The molecule has 0 saturated carbocycles. The molecule has 1 rings (SSSR count). The first kappa shape index (κ1) is 52.4. The van der Waals surface area contributed by atoms with Crippen LogP contribution in [0.2, 0.25) is 0 Å². The van der Waals surface area contributed by atoms with E-state index in [2.05, 4.69) is 86.8 Å². The molecule has 0 aromatic carbocycles. The van der Waals surface area contributed by atoms with Crippen molar-refractivity contribution in [3.05, 3.63) is 72.9 Å². The van der Waals surface area contributed by atoms with Crippen LogP contribution in [0.25, 0.3) is 0 Å². The molecule has 0 aromatic heterocycles. The number of phosphoric acid groups is 1. The lowest BCUT2D eigenvalue weighted by atomic mass is 10.1. The third-order valence-corrected chi connectivity index (χ3v) is 10.1. The van der Waals surface area contributed by atoms with Gasteiger partial charge in [0.2, 0.25) is 0 Å². The second kappa shape index (κ2) is 34.3. The molecule has 326 valence electrons. The van der Waals surface area contributed by atoms with E-state index < -0.39 is 32.5 Å². The molecular weight excluding hydrogens is 741 g/mol. The van der Waals surface area contributed by atoms with E-state index in [0.29, 0.717) is 30.3 Å². The van der Waals surface area contributed by atoms with Gasteiger partial charge in [0.05, 0.1) is 40.0 Å². The normalized spacial score (nSPS) is 17.9. The minimum absolute atomic E-state index is 0.0532. The number of nitrogens with zero attached hydrogens (tertiary/aromatic N) is 1. The third-order valence-electron chi connectivity index (χ3n) is 9.10. The monoisotopic (exact) mass is 820 g/mol. The number of quaternary nitrogens is 1. The van der Waals surface area contributed by atoms with E-state index in [-0.39, 0.29) is 38.3 Å². The molecule has 4 atom stereocenters. The van der Waals surface area contributed by atoms with Crippen LogP contribution in [0.1, 0.15) is 142 Å². The molecule has 1 saturated heterocycles. The highest BCUT2D eigenvalue weighted by molar-refractivity contribution is 7.45. The van der Waals surface area contributed by atoms with Crippen LogP contribution in [0.5, 0.6) is 0 Å². The number of ether oxygens (including phenoxy) is 3. The molecule has 1 heterocycles. The molecule has 11 heteroatoms. The van der Waals surface area contributed by atoms with Crippen LogP contribution in [-0.2, 0) is 37.4 Å². The maximum Gasteiger partial charge on any atom is 0.306 e. The van der Waals surface area contributed by atoms with Crippen molar-refractivity contribution in [2.45, 2.75) is 161 Å². The lowest BCUT2D eigenvalue weighted by molar-refractivity contribution is -0.870. The van der Waals surface area contributed by atoms with Gasteiger partial charge in [0.15, 0.2) is 6.10 Å².